The number of carboxylic acid groups (broad SMARTS) is 1. The molecule has 1 aromatic heterocycles. The van der Waals surface area contributed by atoms with Gasteiger partial charge in [-0.1, -0.05) is 23.8 Å². The monoisotopic (exact) mass is 244 g/mol. The number of ether oxygens (including phenoxy) is 1. The molecule has 0 aliphatic heterocycles. The molecule has 0 bridgehead atoms. The Bertz CT molecular complexity index is 597. The number of hydrogen-bond acceptors (Lipinski definition) is 4. The van der Waals surface area contributed by atoms with Crippen molar-refractivity contribution in [3.63, 3.8) is 0 Å². The fourth-order valence-corrected chi connectivity index (χ4v) is 1.63. The molecule has 1 aromatic carbocycles. The summed E-state index contributed by atoms with van der Waals surface area (Å²) in [5, 5.41) is 16.8. The Morgan fingerprint density at radius 1 is 1.28 bits per heavy atom. The number of rotatable bonds is 3. The first-order valence-electron chi connectivity index (χ1n) is 5.34. The van der Waals surface area contributed by atoms with Gasteiger partial charge in [-0.2, -0.15) is 0 Å². The Morgan fingerprint density at radius 2 is 2.06 bits per heavy atom. The second-order valence-electron chi connectivity index (χ2n) is 3.83. The Hall–Kier alpha value is -2.43. The van der Waals surface area contributed by atoms with Crippen LogP contribution in [0.15, 0.2) is 30.3 Å². The predicted molar refractivity (Wildman–Crippen MR) is 65.7 cm³/mol. The Morgan fingerprint density at radius 3 is 2.67 bits per heavy atom. The minimum Gasteiger partial charge on any atom is -0.479 e. The number of carbonyl (C=O) groups is 1. The molecule has 2 aromatic rings. The number of methoxy groups -OCH3 is 1. The quantitative estimate of drug-likeness (QED) is 0.895. The van der Waals surface area contributed by atoms with E-state index in [4.69, 9.17) is 9.84 Å². The molecule has 5 heteroatoms. The van der Waals surface area contributed by atoms with Gasteiger partial charge in [0, 0.05) is 5.56 Å². The molecule has 18 heavy (non-hydrogen) atoms. The van der Waals surface area contributed by atoms with Gasteiger partial charge in [-0.15, -0.1) is 10.2 Å². The fourth-order valence-electron chi connectivity index (χ4n) is 1.63. The predicted octanol–water partition coefficient (Wildman–Crippen LogP) is 2.16. The summed E-state index contributed by atoms with van der Waals surface area (Å²) in [7, 11) is 1.36. The number of hydrogen-bond donors (Lipinski definition) is 1. The van der Waals surface area contributed by atoms with E-state index in [0.29, 0.717) is 5.69 Å². The molecule has 0 saturated carbocycles. The molecule has 0 unspecified atom stereocenters. The van der Waals surface area contributed by atoms with Gasteiger partial charge in [0.1, 0.15) is 5.56 Å². The van der Waals surface area contributed by atoms with Crippen LogP contribution in [0, 0.1) is 6.92 Å². The van der Waals surface area contributed by atoms with Gasteiger partial charge in [-0.05, 0) is 19.1 Å². The topological polar surface area (TPSA) is 72.3 Å². The van der Waals surface area contributed by atoms with E-state index in [1.165, 1.54) is 13.2 Å². The molecule has 0 fully saturated rings. The number of aryl methyl sites for hydroxylation is 1. The van der Waals surface area contributed by atoms with E-state index in [1.807, 2.05) is 31.2 Å². The normalized spacial score (nSPS) is 10.1. The van der Waals surface area contributed by atoms with E-state index in [-0.39, 0.29) is 11.4 Å². The van der Waals surface area contributed by atoms with Gasteiger partial charge in [0.05, 0.1) is 12.8 Å². The zero-order valence-electron chi connectivity index (χ0n) is 10.0. The van der Waals surface area contributed by atoms with Gasteiger partial charge >= 0.3 is 5.97 Å². The number of aromatic carboxylic acids is 1. The van der Waals surface area contributed by atoms with Crippen molar-refractivity contribution < 1.29 is 14.6 Å². The highest BCUT2D eigenvalue weighted by atomic mass is 16.5. The lowest BCUT2D eigenvalue weighted by atomic mass is 10.1. The van der Waals surface area contributed by atoms with E-state index in [0.717, 1.165) is 11.1 Å². The third-order valence-electron chi connectivity index (χ3n) is 2.50. The minimum absolute atomic E-state index is 0.00371. The largest absolute Gasteiger partial charge is 0.479 e. The molecule has 1 N–H and O–H groups in total. The molecule has 0 radical (unpaired) electrons. The van der Waals surface area contributed by atoms with Crippen LogP contribution in [-0.2, 0) is 0 Å². The Balaban J connectivity index is 2.53. The lowest BCUT2D eigenvalue weighted by molar-refractivity contribution is 0.0692. The van der Waals surface area contributed by atoms with E-state index in [1.54, 1.807) is 0 Å². The molecule has 5 nitrogen and oxygen atoms in total. The van der Waals surface area contributed by atoms with Crippen LogP contribution in [0.5, 0.6) is 5.88 Å². The van der Waals surface area contributed by atoms with Crippen LogP contribution >= 0.6 is 0 Å². The van der Waals surface area contributed by atoms with Gasteiger partial charge in [-0.3, -0.25) is 0 Å². The maximum atomic E-state index is 11.1. The number of benzene rings is 1. The number of carboxylic acids is 1. The second-order valence-corrected chi connectivity index (χ2v) is 3.83. The van der Waals surface area contributed by atoms with Crippen LogP contribution in [0.1, 0.15) is 15.9 Å². The first-order valence-corrected chi connectivity index (χ1v) is 5.34. The van der Waals surface area contributed by atoms with Crippen molar-refractivity contribution in [3.05, 3.63) is 41.5 Å². The summed E-state index contributed by atoms with van der Waals surface area (Å²) >= 11 is 0. The van der Waals surface area contributed by atoms with Crippen molar-refractivity contribution in [2.45, 2.75) is 6.92 Å². The smallest absolute Gasteiger partial charge is 0.341 e. The fraction of sp³-hybridized carbons (Fsp3) is 0.154. The van der Waals surface area contributed by atoms with E-state index >= 15 is 0 Å². The van der Waals surface area contributed by atoms with Gasteiger partial charge in [0.2, 0.25) is 5.88 Å². The summed E-state index contributed by atoms with van der Waals surface area (Å²) in [6, 6.07) is 9.08. The highest BCUT2D eigenvalue weighted by Crippen LogP contribution is 2.22. The molecule has 0 amide bonds. The van der Waals surface area contributed by atoms with Crippen LogP contribution in [0.4, 0.5) is 0 Å². The van der Waals surface area contributed by atoms with Crippen molar-refractivity contribution in [2.75, 3.05) is 7.11 Å². The molecule has 0 aliphatic rings. The van der Waals surface area contributed by atoms with Gasteiger partial charge in [0.15, 0.2) is 0 Å². The van der Waals surface area contributed by atoms with Gasteiger partial charge < -0.3 is 9.84 Å². The molecule has 92 valence electrons. The van der Waals surface area contributed by atoms with Crippen LogP contribution in [-0.4, -0.2) is 28.4 Å². The second kappa shape index (κ2) is 4.83. The summed E-state index contributed by atoms with van der Waals surface area (Å²) in [6.07, 6.45) is 0. The molecule has 2 rings (SSSR count). The zero-order valence-corrected chi connectivity index (χ0v) is 10.0. The maximum absolute atomic E-state index is 11.1. The van der Waals surface area contributed by atoms with E-state index in [2.05, 4.69) is 10.2 Å². The maximum Gasteiger partial charge on any atom is 0.341 e. The van der Waals surface area contributed by atoms with Crippen molar-refractivity contribution in [3.8, 4) is 17.1 Å². The first kappa shape index (κ1) is 12.0. The van der Waals surface area contributed by atoms with Crippen molar-refractivity contribution in [2.24, 2.45) is 0 Å². The van der Waals surface area contributed by atoms with E-state index in [9.17, 15) is 4.79 Å². The molecule has 0 aliphatic carbocycles. The summed E-state index contributed by atoms with van der Waals surface area (Å²) in [6.45, 7) is 1.96. The number of aromatic nitrogens is 2. The summed E-state index contributed by atoms with van der Waals surface area (Å²) < 4.78 is 4.87. The molecule has 1 heterocycles. The van der Waals surface area contributed by atoms with Crippen LogP contribution in [0.25, 0.3) is 11.3 Å². The van der Waals surface area contributed by atoms with E-state index < -0.39 is 5.97 Å². The SMILES string of the molecule is COc1nnc(-c2cccc(C)c2)cc1C(=O)O. The third kappa shape index (κ3) is 2.29. The molecule has 0 spiro atoms. The van der Waals surface area contributed by atoms with Gasteiger partial charge in [-0.25, -0.2) is 4.79 Å². The van der Waals surface area contributed by atoms with Crippen LogP contribution in [0.2, 0.25) is 0 Å². The standard InChI is InChI=1S/C13H12N2O3/c1-8-4-3-5-9(6-8)11-7-10(13(16)17)12(18-2)15-14-11/h3-7H,1-2H3,(H,16,17). The highest BCUT2D eigenvalue weighted by Gasteiger charge is 2.15. The number of nitrogens with zero attached hydrogens (tertiary/aromatic N) is 2. The van der Waals surface area contributed by atoms with Crippen molar-refractivity contribution in [1.29, 1.82) is 0 Å². The van der Waals surface area contributed by atoms with Gasteiger partial charge in [0.25, 0.3) is 0 Å². The van der Waals surface area contributed by atoms with Crippen LogP contribution < -0.4 is 4.74 Å². The molecular formula is C13H12N2O3. The van der Waals surface area contributed by atoms with Crippen molar-refractivity contribution >= 4 is 5.97 Å². The average molecular weight is 244 g/mol. The summed E-state index contributed by atoms with van der Waals surface area (Å²) in [5.74, 6) is -1.07. The average Bonchev–Trinajstić information content (AvgIpc) is 2.38. The highest BCUT2D eigenvalue weighted by molar-refractivity contribution is 5.91. The molecular weight excluding hydrogens is 232 g/mol. The summed E-state index contributed by atoms with van der Waals surface area (Å²) in [4.78, 5) is 11.1. The lowest BCUT2D eigenvalue weighted by Gasteiger charge is -2.06. The minimum atomic E-state index is -1.09. The first-order chi connectivity index (χ1) is 8.61. The van der Waals surface area contributed by atoms with Crippen LogP contribution in [0.3, 0.4) is 0 Å². The van der Waals surface area contributed by atoms with Crippen molar-refractivity contribution in [1.82, 2.24) is 10.2 Å². The zero-order chi connectivity index (χ0) is 13.1. The Kier molecular flexibility index (Phi) is 3.23. The third-order valence-corrected chi connectivity index (χ3v) is 2.50. The Labute approximate surface area is 104 Å². The lowest BCUT2D eigenvalue weighted by Crippen LogP contribution is -2.04. The summed E-state index contributed by atoms with van der Waals surface area (Å²) in [5.41, 5.74) is 2.41. The molecule has 0 atom stereocenters. The molecule has 0 saturated heterocycles.